The average molecular weight is 385 g/mol. The van der Waals surface area contributed by atoms with E-state index < -0.39 is 0 Å². The number of rotatable bonds is 4. The van der Waals surface area contributed by atoms with Crippen molar-refractivity contribution in [3.8, 4) is 0 Å². The SMILES string of the molecule is Cc1cccnc1CN1CCN(C(=O)C2CC(=O)N(c3nccs3)C2)CC1. The highest BCUT2D eigenvalue weighted by atomic mass is 32.1. The second-order valence-electron chi connectivity index (χ2n) is 7.09. The van der Waals surface area contributed by atoms with Crippen LogP contribution in [-0.4, -0.2) is 64.3 Å². The van der Waals surface area contributed by atoms with E-state index in [9.17, 15) is 9.59 Å². The standard InChI is InChI=1S/C19H23N5O2S/c1-14-3-2-4-20-16(14)13-22-6-8-23(9-7-22)18(26)15-11-17(25)24(12-15)19-21-5-10-27-19/h2-5,10,15H,6-9,11-13H2,1H3. The van der Waals surface area contributed by atoms with Crippen molar-refractivity contribution in [3.05, 3.63) is 41.2 Å². The Hall–Kier alpha value is -2.32. The first-order valence-electron chi connectivity index (χ1n) is 9.23. The molecule has 2 saturated heterocycles. The van der Waals surface area contributed by atoms with Crippen LogP contribution < -0.4 is 4.90 Å². The van der Waals surface area contributed by atoms with Gasteiger partial charge in [-0.25, -0.2) is 4.98 Å². The largest absolute Gasteiger partial charge is 0.340 e. The van der Waals surface area contributed by atoms with Crippen molar-refractivity contribution >= 4 is 28.3 Å². The van der Waals surface area contributed by atoms with Crippen molar-refractivity contribution in [3.63, 3.8) is 0 Å². The third-order valence-electron chi connectivity index (χ3n) is 5.30. The lowest BCUT2D eigenvalue weighted by Gasteiger charge is -2.35. The van der Waals surface area contributed by atoms with Crippen molar-refractivity contribution in [2.45, 2.75) is 19.9 Å². The first kappa shape index (κ1) is 18.1. The summed E-state index contributed by atoms with van der Waals surface area (Å²) < 4.78 is 0. The quantitative estimate of drug-likeness (QED) is 0.799. The van der Waals surface area contributed by atoms with Crippen LogP contribution in [0.1, 0.15) is 17.7 Å². The van der Waals surface area contributed by atoms with Gasteiger partial charge in [0.15, 0.2) is 5.13 Å². The summed E-state index contributed by atoms with van der Waals surface area (Å²) in [6, 6.07) is 4.03. The number of piperazine rings is 1. The number of aromatic nitrogens is 2. The smallest absolute Gasteiger partial charge is 0.229 e. The molecule has 2 amide bonds. The van der Waals surface area contributed by atoms with E-state index in [1.54, 1.807) is 11.1 Å². The van der Waals surface area contributed by atoms with Crippen LogP contribution in [-0.2, 0) is 16.1 Å². The van der Waals surface area contributed by atoms with Gasteiger partial charge in [-0.05, 0) is 18.6 Å². The van der Waals surface area contributed by atoms with Gasteiger partial charge in [-0.15, -0.1) is 11.3 Å². The molecule has 0 radical (unpaired) electrons. The number of amides is 2. The monoisotopic (exact) mass is 385 g/mol. The van der Waals surface area contributed by atoms with E-state index in [-0.39, 0.29) is 24.2 Å². The minimum Gasteiger partial charge on any atom is -0.340 e. The molecule has 0 spiro atoms. The van der Waals surface area contributed by atoms with Gasteiger partial charge >= 0.3 is 0 Å². The summed E-state index contributed by atoms with van der Waals surface area (Å²) in [6.45, 7) is 6.40. The van der Waals surface area contributed by atoms with Gasteiger partial charge in [0.25, 0.3) is 0 Å². The van der Waals surface area contributed by atoms with Gasteiger partial charge in [-0.3, -0.25) is 24.4 Å². The lowest BCUT2D eigenvalue weighted by atomic mass is 10.1. The molecule has 142 valence electrons. The van der Waals surface area contributed by atoms with E-state index >= 15 is 0 Å². The number of hydrogen-bond acceptors (Lipinski definition) is 6. The minimum absolute atomic E-state index is 0.00689. The number of nitrogens with zero attached hydrogens (tertiary/aromatic N) is 5. The lowest BCUT2D eigenvalue weighted by molar-refractivity contribution is -0.137. The summed E-state index contributed by atoms with van der Waals surface area (Å²) in [5.74, 6) is -0.172. The van der Waals surface area contributed by atoms with E-state index in [0.29, 0.717) is 24.8 Å². The molecule has 2 aromatic rings. The molecule has 2 aliphatic rings. The van der Waals surface area contributed by atoms with Crippen molar-refractivity contribution in [2.75, 3.05) is 37.6 Å². The molecule has 0 aromatic carbocycles. The third-order valence-corrected chi connectivity index (χ3v) is 6.09. The summed E-state index contributed by atoms with van der Waals surface area (Å²) in [6.07, 6.45) is 3.80. The Morgan fingerprint density at radius 2 is 2.04 bits per heavy atom. The number of carbonyl (C=O) groups excluding carboxylic acids is 2. The van der Waals surface area contributed by atoms with Crippen LogP contribution in [0.5, 0.6) is 0 Å². The summed E-state index contributed by atoms with van der Waals surface area (Å²) in [5.41, 5.74) is 2.29. The number of carbonyl (C=O) groups is 2. The predicted molar refractivity (Wildman–Crippen MR) is 103 cm³/mol. The fourth-order valence-corrected chi connectivity index (χ4v) is 4.36. The first-order chi connectivity index (χ1) is 13.1. The minimum atomic E-state index is -0.258. The molecule has 8 heteroatoms. The van der Waals surface area contributed by atoms with Gasteiger partial charge in [-0.2, -0.15) is 0 Å². The molecular weight excluding hydrogens is 362 g/mol. The predicted octanol–water partition coefficient (Wildman–Crippen LogP) is 1.54. The molecular formula is C19H23N5O2S. The van der Waals surface area contributed by atoms with Crippen molar-refractivity contribution < 1.29 is 9.59 Å². The van der Waals surface area contributed by atoms with E-state index in [1.165, 1.54) is 16.9 Å². The Morgan fingerprint density at radius 1 is 1.22 bits per heavy atom. The van der Waals surface area contributed by atoms with Gasteiger partial charge in [0.1, 0.15) is 0 Å². The maximum atomic E-state index is 12.9. The second kappa shape index (κ2) is 7.74. The van der Waals surface area contributed by atoms with Crippen LogP contribution >= 0.6 is 11.3 Å². The van der Waals surface area contributed by atoms with Gasteiger partial charge in [0.05, 0.1) is 11.6 Å². The zero-order valence-electron chi connectivity index (χ0n) is 15.4. The van der Waals surface area contributed by atoms with E-state index in [1.807, 2.05) is 22.5 Å². The van der Waals surface area contributed by atoms with Crippen LogP contribution in [0, 0.1) is 12.8 Å². The molecule has 0 N–H and O–H groups in total. The molecule has 0 bridgehead atoms. The van der Waals surface area contributed by atoms with Crippen molar-refractivity contribution in [1.82, 2.24) is 19.8 Å². The maximum absolute atomic E-state index is 12.9. The molecule has 7 nitrogen and oxygen atoms in total. The van der Waals surface area contributed by atoms with Gasteiger partial charge in [0.2, 0.25) is 11.8 Å². The average Bonchev–Trinajstić information content (AvgIpc) is 3.33. The molecule has 27 heavy (non-hydrogen) atoms. The number of aryl methyl sites for hydroxylation is 1. The molecule has 2 aromatic heterocycles. The fraction of sp³-hybridized carbons (Fsp3) is 0.474. The van der Waals surface area contributed by atoms with Crippen LogP contribution in [0.3, 0.4) is 0 Å². The van der Waals surface area contributed by atoms with Crippen LogP contribution in [0.25, 0.3) is 0 Å². The summed E-state index contributed by atoms with van der Waals surface area (Å²) in [4.78, 5) is 39.7. The number of hydrogen-bond donors (Lipinski definition) is 0. The van der Waals surface area contributed by atoms with Gasteiger partial charge in [0, 0.05) is 63.5 Å². The molecule has 2 fully saturated rings. The molecule has 1 atom stereocenters. The number of pyridine rings is 1. The Kier molecular flexibility index (Phi) is 5.18. The van der Waals surface area contributed by atoms with Crippen molar-refractivity contribution in [2.24, 2.45) is 5.92 Å². The molecule has 0 aliphatic carbocycles. The topological polar surface area (TPSA) is 69.6 Å². The highest BCUT2D eigenvalue weighted by Gasteiger charge is 2.38. The number of anilines is 1. The Morgan fingerprint density at radius 3 is 2.74 bits per heavy atom. The number of thiazole rings is 1. The summed E-state index contributed by atoms with van der Waals surface area (Å²) in [5, 5.41) is 2.53. The third kappa shape index (κ3) is 3.86. The highest BCUT2D eigenvalue weighted by molar-refractivity contribution is 7.13. The maximum Gasteiger partial charge on any atom is 0.229 e. The van der Waals surface area contributed by atoms with Gasteiger partial charge < -0.3 is 4.90 Å². The highest BCUT2D eigenvalue weighted by Crippen LogP contribution is 2.28. The summed E-state index contributed by atoms with van der Waals surface area (Å²) in [7, 11) is 0. The lowest BCUT2D eigenvalue weighted by Crippen LogP contribution is -2.50. The summed E-state index contributed by atoms with van der Waals surface area (Å²) >= 11 is 1.43. The van der Waals surface area contributed by atoms with Crippen LogP contribution in [0.2, 0.25) is 0 Å². The fourth-order valence-electron chi connectivity index (χ4n) is 3.69. The van der Waals surface area contributed by atoms with Crippen molar-refractivity contribution in [1.29, 1.82) is 0 Å². The Balaban J connectivity index is 1.31. The molecule has 4 rings (SSSR count). The Labute approximate surface area is 162 Å². The van der Waals surface area contributed by atoms with Crippen LogP contribution in [0.15, 0.2) is 29.9 Å². The molecule has 0 saturated carbocycles. The Bertz CT molecular complexity index is 817. The zero-order chi connectivity index (χ0) is 18.8. The normalized spacial score (nSPS) is 21.1. The molecule has 2 aliphatic heterocycles. The molecule has 1 unspecified atom stereocenters. The van der Waals surface area contributed by atoms with Gasteiger partial charge in [-0.1, -0.05) is 6.07 Å². The van der Waals surface area contributed by atoms with E-state index in [0.717, 1.165) is 25.3 Å². The zero-order valence-corrected chi connectivity index (χ0v) is 16.2. The first-order valence-corrected chi connectivity index (χ1v) is 10.1. The van der Waals surface area contributed by atoms with Crippen LogP contribution in [0.4, 0.5) is 5.13 Å². The van der Waals surface area contributed by atoms with E-state index in [4.69, 9.17) is 0 Å². The van der Waals surface area contributed by atoms with E-state index in [2.05, 4.69) is 27.9 Å². The second-order valence-corrected chi connectivity index (χ2v) is 7.96. The molecule has 4 heterocycles.